The number of carbonyl (C=O) groups excluding carboxylic acids is 3. The number of thiophene rings is 1. The van der Waals surface area contributed by atoms with E-state index in [1.165, 1.54) is 35.6 Å². The first kappa shape index (κ1) is 19.8. The summed E-state index contributed by atoms with van der Waals surface area (Å²) in [5.41, 5.74) is 1.35. The molecule has 0 radical (unpaired) electrons. The van der Waals surface area contributed by atoms with Crippen LogP contribution in [0.4, 0.5) is 5.69 Å². The topological polar surface area (TPSA) is 103 Å². The van der Waals surface area contributed by atoms with Crippen LogP contribution < -0.4 is 4.90 Å². The molecule has 2 aromatic heterocycles. The zero-order chi connectivity index (χ0) is 22.2. The van der Waals surface area contributed by atoms with Gasteiger partial charge in [-0.3, -0.25) is 9.59 Å². The van der Waals surface area contributed by atoms with E-state index in [9.17, 15) is 14.4 Å². The van der Waals surface area contributed by atoms with Gasteiger partial charge >= 0.3 is 5.97 Å². The average molecular weight is 445 g/mol. The maximum absolute atomic E-state index is 12.6. The smallest absolute Gasteiger partial charge is 0.338 e. The Morgan fingerprint density at radius 3 is 2.28 bits per heavy atom. The highest BCUT2D eigenvalue weighted by Gasteiger charge is 2.36. The summed E-state index contributed by atoms with van der Waals surface area (Å²) in [5.74, 6) is -0.838. The molecule has 158 valence electrons. The van der Waals surface area contributed by atoms with Gasteiger partial charge < -0.3 is 9.15 Å². The molecule has 1 unspecified atom stereocenters. The van der Waals surface area contributed by atoms with Crippen molar-refractivity contribution in [1.29, 1.82) is 0 Å². The molecule has 8 nitrogen and oxygen atoms in total. The average Bonchev–Trinajstić information content (AvgIpc) is 3.55. The molecular weight excluding hydrogens is 430 g/mol. The number of hydrogen-bond donors (Lipinski definition) is 0. The molecule has 4 aromatic rings. The quantitative estimate of drug-likeness (QED) is 0.329. The van der Waals surface area contributed by atoms with Crippen molar-refractivity contribution in [3.05, 3.63) is 88.6 Å². The van der Waals surface area contributed by atoms with Gasteiger partial charge in [0.25, 0.3) is 23.6 Å². The minimum atomic E-state index is -0.750. The van der Waals surface area contributed by atoms with Crippen LogP contribution >= 0.6 is 11.3 Å². The maximum Gasteiger partial charge on any atom is 0.338 e. The summed E-state index contributed by atoms with van der Waals surface area (Å²) in [6.07, 6.45) is -0.750. The van der Waals surface area contributed by atoms with Crippen molar-refractivity contribution in [2.45, 2.75) is 13.0 Å². The van der Waals surface area contributed by atoms with Gasteiger partial charge in [0.1, 0.15) is 0 Å². The molecule has 0 saturated heterocycles. The molecule has 0 saturated carbocycles. The van der Waals surface area contributed by atoms with E-state index >= 15 is 0 Å². The van der Waals surface area contributed by atoms with Crippen molar-refractivity contribution < 1.29 is 23.5 Å². The number of imide groups is 1. The van der Waals surface area contributed by atoms with Crippen molar-refractivity contribution in [2.24, 2.45) is 0 Å². The van der Waals surface area contributed by atoms with Gasteiger partial charge in [0.05, 0.1) is 27.3 Å². The van der Waals surface area contributed by atoms with Crippen LogP contribution in [-0.4, -0.2) is 28.0 Å². The van der Waals surface area contributed by atoms with Crippen LogP contribution in [0.25, 0.3) is 10.8 Å². The van der Waals surface area contributed by atoms with Gasteiger partial charge in [0, 0.05) is 0 Å². The first-order valence-electron chi connectivity index (χ1n) is 9.69. The lowest BCUT2D eigenvalue weighted by Gasteiger charge is -2.14. The van der Waals surface area contributed by atoms with Crippen LogP contribution in [0.1, 0.15) is 50.0 Å². The molecule has 5 rings (SSSR count). The lowest BCUT2D eigenvalue weighted by Crippen LogP contribution is -2.29. The molecule has 9 heteroatoms. The highest BCUT2D eigenvalue weighted by Crippen LogP contribution is 2.29. The third-order valence-corrected chi connectivity index (χ3v) is 5.82. The van der Waals surface area contributed by atoms with E-state index < -0.39 is 23.9 Å². The van der Waals surface area contributed by atoms with Crippen molar-refractivity contribution in [2.75, 3.05) is 4.90 Å². The van der Waals surface area contributed by atoms with E-state index in [0.29, 0.717) is 22.7 Å². The van der Waals surface area contributed by atoms with Gasteiger partial charge in [0.2, 0.25) is 0 Å². The lowest BCUT2D eigenvalue weighted by molar-refractivity contribution is 0.0280. The van der Waals surface area contributed by atoms with E-state index in [0.717, 1.165) is 9.78 Å². The van der Waals surface area contributed by atoms with Crippen LogP contribution in [0.3, 0.4) is 0 Å². The van der Waals surface area contributed by atoms with Gasteiger partial charge in [-0.25, -0.2) is 9.69 Å². The minimum absolute atomic E-state index is 0.185. The van der Waals surface area contributed by atoms with Crippen molar-refractivity contribution >= 4 is 34.8 Å². The summed E-state index contributed by atoms with van der Waals surface area (Å²) in [6, 6.07) is 16.4. The Morgan fingerprint density at radius 2 is 1.66 bits per heavy atom. The zero-order valence-corrected chi connectivity index (χ0v) is 17.5. The van der Waals surface area contributed by atoms with Gasteiger partial charge in [-0.05, 0) is 54.8 Å². The lowest BCUT2D eigenvalue weighted by atomic mass is 10.1. The van der Waals surface area contributed by atoms with E-state index in [1.54, 1.807) is 31.2 Å². The molecule has 0 aliphatic carbocycles. The molecule has 3 heterocycles. The molecule has 0 bridgehead atoms. The molecule has 32 heavy (non-hydrogen) atoms. The van der Waals surface area contributed by atoms with Crippen molar-refractivity contribution in [3.63, 3.8) is 0 Å². The number of amides is 2. The normalized spacial score (nSPS) is 13.8. The van der Waals surface area contributed by atoms with Crippen LogP contribution in [0.2, 0.25) is 0 Å². The standard InChI is InChI=1S/C23H15N3O5S/c1-13(19-24-25-20(31-19)18-7-4-12-32-18)30-23(29)14-8-10-15(11-9-14)26-21(27)16-5-2-3-6-17(16)22(26)28/h2-13H,1H3. The number of anilines is 1. The fourth-order valence-electron chi connectivity index (χ4n) is 3.35. The van der Waals surface area contributed by atoms with E-state index in [2.05, 4.69) is 10.2 Å². The second kappa shape index (κ2) is 7.86. The Balaban J connectivity index is 1.29. The summed E-state index contributed by atoms with van der Waals surface area (Å²) >= 11 is 1.46. The second-order valence-corrected chi connectivity index (χ2v) is 7.96. The largest absolute Gasteiger partial charge is 0.449 e. The molecule has 2 aromatic carbocycles. The fraction of sp³-hybridized carbons (Fsp3) is 0.0870. The molecular formula is C23H15N3O5S. The first-order valence-corrected chi connectivity index (χ1v) is 10.6. The van der Waals surface area contributed by atoms with Gasteiger partial charge in [-0.15, -0.1) is 21.5 Å². The summed E-state index contributed by atoms with van der Waals surface area (Å²) in [5, 5.41) is 9.83. The molecule has 0 N–H and O–H groups in total. The van der Waals surface area contributed by atoms with Gasteiger partial charge in [-0.2, -0.15) is 0 Å². The Hall–Kier alpha value is -4.11. The number of carbonyl (C=O) groups is 3. The number of aromatic nitrogens is 2. The van der Waals surface area contributed by atoms with Crippen molar-refractivity contribution in [3.8, 4) is 10.8 Å². The summed E-state index contributed by atoms with van der Waals surface area (Å²) < 4.78 is 11.0. The highest BCUT2D eigenvalue weighted by atomic mass is 32.1. The Morgan fingerprint density at radius 1 is 0.969 bits per heavy atom. The van der Waals surface area contributed by atoms with Gasteiger partial charge in [0.15, 0.2) is 6.10 Å². The zero-order valence-electron chi connectivity index (χ0n) is 16.7. The fourth-order valence-corrected chi connectivity index (χ4v) is 3.99. The Bertz CT molecular complexity index is 1290. The molecule has 0 spiro atoms. The Labute approximate surface area is 186 Å². The van der Waals surface area contributed by atoms with Crippen LogP contribution in [-0.2, 0) is 4.74 Å². The first-order chi connectivity index (χ1) is 15.5. The second-order valence-electron chi connectivity index (χ2n) is 7.01. The van der Waals surface area contributed by atoms with Crippen LogP contribution in [0.15, 0.2) is 70.5 Å². The number of esters is 1. The molecule has 1 aliphatic heterocycles. The number of rotatable bonds is 5. The van der Waals surface area contributed by atoms with Crippen LogP contribution in [0, 0.1) is 0 Å². The predicted octanol–water partition coefficient (Wildman–Crippen LogP) is 4.52. The third kappa shape index (κ3) is 3.38. The number of nitrogens with zero attached hydrogens (tertiary/aromatic N) is 3. The van der Waals surface area contributed by atoms with Crippen molar-refractivity contribution in [1.82, 2.24) is 10.2 Å². The van der Waals surface area contributed by atoms with E-state index in [1.807, 2.05) is 17.5 Å². The molecule has 1 aliphatic rings. The minimum Gasteiger partial charge on any atom is -0.449 e. The summed E-state index contributed by atoms with van der Waals surface area (Å²) in [6.45, 7) is 1.64. The van der Waals surface area contributed by atoms with E-state index in [4.69, 9.17) is 9.15 Å². The number of ether oxygens (including phenoxy) is 1. The maximum atomic E-state index is 12.6. The SMILES string of the molecule is CC(OC(=O)c1ccc(N2C(=O)c3ccccc3C2=O)cc1)c1nnc(-c2cccs2)o1. The van der Waals surface area contributed by atoms with Crippen LogP contribution in [0.5, 0.6) is 0 Å². The molecule has 2 amide bonds. The predicted molar refractivity (Wildman–Crippen MR) is 115 cm³/mol. The Kier molecular flexibility index (Phi) is 4.87. The number of benzene rings is 2. The van der Waals surface area contributed by atoms with E-state index in [-0.39, 0.29) is 11.5 Å². The summed E-state index contributed by atoms with van der Waals surface area (Å²) in [7, 11) is 0. The molecule has 1 atom stereocenters. The summed E-state index contributed by atoms with van der Waals surface area (Å²) in [4.78, 5) is 39.7. The molecule has 0 fully saturated rings. The monoisotopic (exact) mass is 445 g/mol. The number of hydrogen-bond acceptors (Lipinski definition) is 8. The third-order valence-electron chi connectivity index (χ3n) is 4.96. The van der Waals surface area contributed by atoms with Gasteiger partial charge in [-0.1, -0.05) is 18.2 Å². The highest BCUT2D eigenvalue weighted by molar-refractivity contribution is 7.13. The number of fused-ring (bicyclic) bond motifs is 1.